The molecule has 1 aliphatic carbocycles. The maximum atomic E-state index is 11.7. The highest BCUT2D eigenvalue weighted by molar-refractivity contribution is 5.68. The third kappa shape index (κ3) is 2.09. The minimum Gasteiger partial charge on any atom is -0.444 e. The SMILES string of the molecule is CC(C)(C)OC(=O)N1C[C@@H]2CC(O)[C@@H]2C1. The number of rotatable bonds is 0. The summed E-state index contributed by atoms with van der Waals surface area (Å²) in [6.45, 7) is 7.00. The quantitative estimate of drug-likeness (QED) is 0.658. The minimum absolute atomic E-state index is 0.206. The van der Waals surface area contributed by atoms with E-state index in [2.05, 4.69) is 0 Å². The number of aliphatic hydroxyl groups is 1. The summed E-state index contributed by atoms with van der Waals surface area (Å²) in [6, 6.07) is 0. The molecule has 1 unspecified atom stereocenters. The molecule has 4 heteroatoms. The van der Waals surface area contributed by atoms with Gasteiger partial charge in [0.2, 0.25) is 0 Å². The van der Waals surface area contributed by atoms with Crippen LogP contribution in [0.25, 0.3) is 0 Å². The summed E-state index contributed by atoms with van der Waals surface area (Å²) in [5, 5.41) is 9.47. The van der Waals surface area contributed by atoms with Crippen molar-refractivity contribution in [2.75, 3.05) is 13.1 Å². The molecule has 4 nitrogen and oxygen atoms in total. The first-order chi connectivity index (χ1) is 6.87. The smallest absolute Gasteiger partial charge is 0.410 e. The molecule has 0 radical (unpaired) electrons. The summed E-state index contributed by atoms with van der Waals surface area (Å²) >= 11 is 0. The van der Waals surface area contributed by atoms with E-state index in [1.807, 2.05) is 20.8 Å². The van der Waals surface area contributed by atoms with E-state index < -0.39 is 5.60 Å². The summed E-state index contributed by atoms with van der Waals surface area (Å²) in [5.41, 5.74) is -0.433. The fraction of sp³-hybridized carbons (Fsp3) is 0.909. The van der Waals surface area contributed by atoms with Crippen LogP contribution in [-0.4, -0.2) is 40.9 Å². The van der Waals surface area contributed by atoms with Gasteiger partial charge in [0, 0.05) is 19.0 Å². The largest absolute Gasteiger partial charge is 0.444 e. The van der Waals surface area contributed by atoms with Gasteiger partial charge in [0.05, 0.1) is 6.10 Å². The van der Waals surface area contributed by atoms with Crippen molar-refractivity contribution in [3.8, 4) is 0 Å². The van der Waals surface area contributed by atoms with E-state index in [0.717, 1.165) is 13.0 Å². The number of likely N-dealkylation sites (tertiary alicyclic amines) is 1. The Bertz CT molecular complexity index is 271. The Hall–Kier alpha value is -0.770. The van der Waals surface area contributed by atoms with E-state index in [1.165, 1.54) is 0 Å². The zero-order chi connectivity index (χ0) is 11.2. The first-order valence-electron chi connectivity index (χ1n) is 5.53. The Kier molecular flexibility index (Phi) is 2.41. The molecule has 2 rings (SSSR count). The average molecular weight is 213 g/mol. The Labute approximate surface area is 90.2 Å². The van der Waals surface area contributed by atoms with Crippen LogP contribution in [0.2, 0.25) is 0 Å². The first kappa shape index (κ1) is 10.7. The summed E-state index contributed by atoms with van der Waals surface area (Å²) in [6.07, 6.45) is 0.385. The highest BCUT2D eigenvalue weighted by Gasteiger charge is 2.48. The van der Waals surface area contributed by atoms with Crippen LogP contribution in [0.15, 0.2) is 0 Å². The molecule has 1 saturated carbocycles. The number of ether oxygens (including phenoxy) is 1. The standard InChI is InChI=1S/C11H19NO3/c1-11(2,3)15-10(14)12-5-7-4-9(13)8(7)6-12/h7-9,13H,4-6H2,1-3H3/t7-,8+,9?/m0/s1. The lowest BCUT2D eigenvalue weighted by Gasteiger charge is -2.34. The normalized spacial score (nSPS) is 34.7. The van der Waals surface area contributed by atoms with Crippen molar-refractivity contribution < 1.29 is 14.6 Å². The van der Waals surface area contributed by atoms with Gasteiger partial charge in [-0.05, 0) is 33.1 Å². The molecule has 1 saturated heterocycles. The van der Waals surface area contributed by atoms with Crippen LogP contribution in [0, 0.1) is 11.8 Å². The Morgan fingerprint density at radius 2 is 2.07 bits per heavy atom. The maximum Gasteiger partial charge on any atom is 0.410 e. The average Bonchev–Trinajstić information content (AvgIpc) is 2.39. The third-order valence-electron chi connectivity index (χ3n) is 3.18. The molecule has 2 aliphatic rings. The van der Waals surface area contributed by atoms with Crippen molar-refractivity contribution in [3.63, 3.8) is 0 Å². The fourth-order valence-electron chi connectivity index (χ4n) is 2.35. The topological polar surface area (TPSA) is 49.8 Å². The molecule has 15 heavy (non-hydrogen) atoms. The van der Waals surface area contributed by atoms with Gasteiger partial charge in [0.1, 0.15) is 5.60 Å². The Morgan fingerprint density at radius 3 is 2.53 bits per heavy atom. The number of carbonyl (C=O) groups is 1. The van der Waals surface area contributed by atoms with E-state index in [1.54, 1.807) is 4.90 Å². The van der Waals surface area contributed by atoms with Crippen LogP contribution < -0.4 is 0 Å². The van der Waals surface area contributed by atoms with Gasteiger partial charge in [-0.3, -0.25) is 0 Å². The van der Waals surface area contributed by atoms with Crippen LogP contribution in [0.5, 0.6) is 0 Å². The molecule has 86 valence electrons. The van der Waals surface area contributed by atoms with Crippen molar-refractivity contribution in [2.24, 2.45) is 11.8 Å². The predicted octanol–water partition coefficient (Wildman–Crippen LogP) is 1.23. The van der Waals surface area contributed by atoms with Gasteiger partial charge in [-0.1, -0.05) is 0 Å². The van der Waals surface area contributed by atoms with Crippen molar-refractivity contribution in [3.05, 3.63) is 0 Å². The summed E-state index contributed by atoms with van der Waals surface area (Å²) in [5.74, 6) is 0.782. The minimum atomic E-state index is -0.433. The summed E-state index contributed by atoms with van der Waals surface area (Å²) in [4.78, 5) is 13.4. The van der Waals surface area contributed by atoms with Crippen LogP contribution in [-0.2, 0) is 4.74 Å². The van der Waals surface area contributed by atoms with E-state index in [4.69, 9.17) is 4.74 Å². The Morgan fingerprint density at radius 1 is 1.40 bits per heavy atom. The first-order valence-corrected chi connectivity index (χ1v) is 5.53. The zero-order valence-corrected chi connectivity index (χ0v) is 9.56. The molecular formula is C11H19NO3. The highest BCUT2D eigenvalue weighted by atomic mass is 16.6. The predicted molar refractivity (Wildman–Crippen MR) is 55.4 cm³/mol. The van der Waals surface area contributed by atoms with Crippen LogP contribution in [0.3, 0.4) is 0 Å². The van der Waals surface area contributed by atoms with Gasteiger partial charge in [-0.15, -0.1) is 0 Å². The number of aliphatic hydroxyl groups excluding tert-OH is 1. The molecular weight excluding hydrogens is 194 g/mol. The second kappa shape index (κ2) is 3.37. The van der Waals surface area contributed by atoms with Crippen LogP contribution >= 0.6 is 0 Å². The number of hydrogen-bond donors (Lipinski definition) is 1. The number of amides is 1. The van der Waals surface area contributed by atoms with Crippen molar-refractivity contribution >= 4 is 6.09 Å². The van der Waals surface area contributed by atoms with Crippen molar-refractivity contribution in [2.45, 2.75) is 38.9 Å². The second-order valence-electron chi connectivity index (χ2n) is 5.61. The van der Waals surface area contributed by atoms with Crippen molar-refractivity contribution in [1.82, 2.24) is 4.90 Å². The number of fused-ring (bicyclic) bond motifs is 1. The maximum absolute atomic E-state index is 11.7. The molecule has 1 heterocycles. The van der Waals surface area contributed by atoms with Gasteiger partial charge in [0.15, 0.2) is 0 Å². The lowest BCUT2D eigenvalue weighted by Crippen LogP contribution is -2.40. The molecule has 0 bridgehead atoms. The molecule has 0 aromatic rings. The lowest BCUT2D eigenvalue weighted by molar-refractivity contribution is -0.00455. The van der Waals surface area contributed by atoms with Crippen LogP contribution in [0.4, 0.5) is 4.79 Å². The fourth-order valence-corrected chi connectivity index (χ4v) is 2.35. The highest BCUT2D eigenvalue weighted by Crippen LogP contribution is 2.41. The summed E-state index contributed by atoms with van der Waals surface area (Å²) in [7, 11) is 0. The molecule has 0 spiro atoms. The lowest BCUT2D eigenvalue weighted by atomic mass is 9.74. The van der Waals surface area contributed by atoms with Crippen LogP contribution in [0.1, 0.15) is 27.2 Å². The van der Waals surface area contributed by atoms with Crippen molar-refractivity contribution in [1.29, 1.82) is 0 Å². The molecule has 2 fully saturated rings. The van der Waals surface area contributed by atoms with E-state index in [0.29, 0.717) is 12.5 Å². The van der Waals surface area contributed by atoms with Gasteiger partial charge in [0.25, 0.3) is 0 Å². The van der Waals surface area contributed by atoms with Gasteiger partial charge in [-0.2, -0.15) is 0 Å². The zero-order valence-electron chi connectivity index (χ0n) is 9.56. The monoisotopic (exact) mass is 213 g/mol. The molecule has 1 N–H and O–H groups in total. The third-order valence-corrected chi connectivity index (χ3v) is 3.18. The van der Waals surface area contributed by atoms with E-state index in [-0.39, 0.29) is 18.1 Å². The van der Waals surface area contributed by atoms with Gasteiger partial charge < -0.3 is 14.7 Å². The molecule has 0 aromatic heterocycles. The van der Waals surface area contributed by atoms with E-state index >= 15 is 0 Å². The molecule has 1 amide bonds. The van der Waals surface area contributed by atoms with E-state index in [9.17, 15) is 9.90 Å². The number of carbonyl (C=O) groups excluding carboxylic acids is 1. The van der Waals surface area contributed by atoms with Gasteiger partial charge in [-0.25, -0.2) is 4.79 Å². The summed E-state index contributed by atoms with van der Waals surface area (Å²) < 4.78 is 5.29. The molecule has 1 aliphatic heterocycles. The number of nitrogens with zero attached hydrogens (tertiary/aromatic N) is 1. The molecule has 3 atom stereocenters. The molecule has 0 aromatic carbocycles. The second-order valence-corrected chi connectivity index (χ2v) is 5.61. The van der Waals surface area contributed by atoms with Gasteiger partial charge >= 0.3 is 6.09 Å². The Balaban J connectivity index is 1.88. The number of hydrogen-bond acceptors (Lipinski definition) is 3.